The fraction of sp³-hybridized carbons (Fsp3) is 0.148. The number of carbonyl (C=O) groups excluding carboxylic acids is 2. The highest BCUT2D eigenvalue weighted by Crippen LogP contribution is 2.46. The molecular formula is C27H24N6O2. The number of ketones is 1. The van der Waals surface area contributed by atoms with Crippen molar-refractivity contribution in [2.45, 2.75) is 19.4 Å². The summed E-state index contributed by atoms with van der Waals surface area (Å²) in [5.41, 5.74) is 11.2. The summed E-state index contributed by atoms with van der Waals surface area (Å²) < 4.78 is 2.11. The zero-order chi connectivity index (χ0) is 24.5. The van der Waals surface area contributed by atoms with Gasteiger partial charge in [0.25, 0.3) is 5.91 Å². The molecule has 0 saturated heterocycles. The Kier molecular flexibility index (Phi) is 5.70. The van der Waals surface area contributed by atoms with Crippen LogP contribution in [0.3, 0.4) is 0 Å². The Morgan fingerprint density at radius 2 is 1.94 bits per heavy atom. The first-order valence-electron chi connectivity index (χ1n) is 11.3. The number of benzene rings is 1. The van der Waals surface area contributed by atoms with Crippen LogP contribution in [0.5, 0.6) is 0 Å². The molecule has 3 aromatic heterocycles. The van der Waals surface area contributed by atoms with Gasteiger partial charge in [0, 0.05) is 36.2 Å². The van der Waals surface area contributed by atoms with Gasteiger partial charge in [-0.1, -0.05) is 31.4 Å². The Bertz CT molecular complexity index is 1470. The minimum absolute atomic E-state index is 0.0191. The smallest absolute Gasteiger partial charge is 0.256 e. The Hall–Kier alpha value is -4.59. The van der Waals surface area contributed by atoms with Gasteiger partial charge in [0.05, 0.1) is 11.1 Å². The van der Waals surface area contributed by atoms with Crippen LogP contribution in [0.2, 0.25) is 0 Å². The van der Waals surface area contributed by atoms with Gasteiger partial charge in [0.1, 0.15) is 23.6 Å². The molecule has 0 unspecified atom stereocenters. The van der Waals surface area contributed by atoms with Crippen LogP contribution < -0.4 is 11.1 Å². The van der Waals surface area contributed by atoms with Gasteiger partial charge in [0.15, 0.2) is 5.78 Å². The van der Waals surface area contributed by atoms with Crippen molar-refractivity contribution in [3.63, 3.8) is 0 Å². The maximum absolute atomic E-state index is 12.7. The summed E-state index contributed by atoms with van der Waals surface area (Å²) in [6, 6.07) is 12.6. The fourth-order valence-corrected chi connectivity index (χ4v) is 4.61. The van der Waals surface area contributed by atoms with Crippen molar-refractivity contribution in [1.82, 2.24) is 19.5 Å². The van der Waals surface area contributed by atoms with Crippen LogP contribution in [-0.4, -0.2) is 31.2 Å². The molecule has 1 amide bonds. The lowest BCUT2D eigenvalue weighted by Gasteiger charge is -2.12. The SMILES string of the molecule is C=CC(=O)CC[C@H]1Cn2c(c(-c3ccc(C(=O)Nc4ccccn4)cc3)c3c(N)ncnc32)C1=C. The van der Waals surface area contributed by atoms with E-state index >= 15 is 0 Å². The molecule has 0 spiro atoms. The number of anilines is 2. The molecule has 35 heavy (non-hydrogen) atoms. The number of pyridine rings is 1. The second kappa shape index (κ2) is 8.98. The number of allylic oxidation sites excluding steroid dienone is 2. The van der Waals surface area contributed by atoms with E-state index in [0.717, 1.165) is 33.4 Å². The molecule has 174 valence electrons. The highest BCUT2D eigenvalue weighted by molar-refractivity contribution is 6.08. The maximum atomic E-state index is 12.7. The number of hydrogen-bond donors (Lipinski definition) is 2. The van der Waals surface area contributed by atoms with Crippen LogP contribution in [0.1, 0.15) is 28.9 Å². The van der Waals surface area contributed by atoms with Gasteiger partial charge in [-0.25, -0.2) is 15.0 Å². The molecule has 8 heteroatoms. The highest BCUT2D eigenvalue weighted by Gasteiger charge is 2.33. The Labute approximate surface area is 202 Å². The molecule has 0 aliphatic carbocycles. The van der Waals surface area contributed by atoms with Gasteiger partial charge < -0.3 is 15.6 Å². The van der Waals surface area contributed by atoms with E-state index in [0.29, 0.717) is 36.6 Å². The third-order valence-electron chi connectivity index (χ3n) is 6.38. The van der Waals surface area contributed by atoms with Crippen molar-refractivity contribution in [1.29, 1.82) is 0 Å². The number of rotatable bonds is 7. The normalized spacial score (nSPS) is 14.6. The fourth-order valence-electron chi connectivity index (χ4n) is 4.61. The summed E-state index contributed by atoms with van der Waals surface area (Å²) in [5, 5.41) is 3.55. The number of hydrogen-bond acceptors (Lipinski definition) is 6. The first kappa shape index (κ1) is 22.2. The zero-order valence-corrected chi connectivity index (χ0v) is 19.1. The monoisotopic (exact) mass is 464 g/mol. The van der Waals surface area contributed by atoms with Crippen LogP contribution in [0, 0.1) is 5.92 Å². The molecule has 8 nitrogen and oxygen atoms in total. The van der Waals surface area contributed by atoms with Crippen molar-refractivity contribution >= 4 is 39.9 Å². The topological polar surface area (TPSA) is 116 Å². The molecule has 4 aromatic rings. The second-order valence-electron chi connectivity index (χ2n) is 8.47. The molecular weight excluding hydrogens is 440 g/mol. The number of carbonyl (C=O) groups is 2. The third-order valence-corrected chi connectivity index (χ3v) is 6.38. The maximum Gasteiger partial charge on any atom is 0.256 e. The average Bonchev–Trinajstić information content (AvgIpc) is 3.38. The number of nitrogens with zero attached hydrogens (tertiary/aromatic N) is 4. The van der Waals surface area contributed by atoms with Crippen molar-refractivity contribution in [2.75, 3.05) is 11.1 Å². The molecule has 1 aliphatic heterocycles. The van der Waals surface area contributed by atoms with E-state index in [1.165, 1.54) is 12.4 Å². The molecule has 1 aromatic carbocycles. The number of nitrogens with one attached hydrogen (secondary N) is 1. The van der Waals surface area contributed by atoms with Gasteiger partial charge in [-0.3, -0.25) is 9.59 Å². The highest BCUT2D eigenvalue weighted by atomic mass is 16.1. The molecule has 3 N–H and O–H groups in total. The predicted octanol–water partition coefficient (Wildman–Crippen LogP) is 4.51. The summed E-state index contributed by atoms with van der Waals surface area (Å²) in [5.74, 6) is 0.749. The molecule has 0 radical (unpaired) electrons. The lowest BCUT2D eigenvalue weighted by molar-refractivity contribution is -0.114. The van der Waals surface area contributed by atoms with Gasteiger partial charge in [-0.15, -0.1) is 0 Å². The van der Waals surface area contributed by atoms with Crippen molar-refractivity contribution < 1.29 is 9.59 Å². The predicted molar refractivity (Wildman–Crippen MR) is 137 cm³/mol. The summed E-state index contributed by atoms with van der Waals surface area (Å²) >= 11 is 0. The van der Waals surface area contributed by atoms with Crippen LogP contribution in [0.15, 0.2) is 74.2 Å². The molecule has 0 saturated carbocycles. The Balaban J connectivity index is 1.51. The molecule has 0 bridgehead atoms. The van der Waals surface area contributed by atoms with Crippen LogP contribution in [-0.2, 0) is 11.3 Å². The number of nitrogens with two attached hydrogens (primary N) is 1. The Morgan fingerprint density at radius 3 is 2.66 bits per heavy atom. The summed E-state index contributed by atoms with van der Waals surface area (Å²) in [7, 11) is 0. The lowest BCUT2D eigenvalue weighted by atomic mass is 9.91. The summed E-state index contributed by atoms with van der Waals surface area (Å²) in [6.45, 7) is 8.59. The first-order valence-corrected chi connectivity index (χ1v) is 11.3. The third kappa shape index (κ3) is 3.99. The molecule has 0 fully saturated rings. The van der Waals surface area contributed by atoms with Gasteiger partial charge >= 0.3 is 0 Å². The van der Waals surface area contributed by atoms with Gasteiger partial charge in [-0.05, 0) is 47.9 Å². The van der Waals surface area contributed by atoms with E-state index in [-0.39, 0.29) is 17.6 Å². The van der Waals surface area contributed by atoms with E-state index < -0.39 is 0 Å². The Morgan fingerprint density at radius 1 is 1.14 bits per heavy atom. The minimum Gasteiger partial charge on any atom is -0.383 e. The van der Waals surface area contributed by atoms with Crippen molar-refractivity contribution in [2.24, 2.45) is 5.92 Å². The summed E-state index contributed by atoms with van der Waals surface area (Å²) in [6.07, 6.45) is 5.54. The number of aromatic nitrogens is 4. The van der Waals surface area contributed by atoms with Gasteiger partial charge in [0.2, 0.25) is 0 Å². The number of nitrogen functional groups attached to an aromatic ring is 1. The minimum atomic E-state index is -0.249. The van der Waals surface area contributed by atoms with E-state index in [1.807, 2.05) is 18.2 Å². The molecule has 5 rings (SSSR count). The van der Waals surface area contributed by atoms with Crippen LogP contribution in [0.25, 0.3) is 27.7 Å². The molecule has 1 atom stereocenters. The summed E-state index contributed by atoms with van der Waals surface area (Å²) in [4.78, 5) is 37.3. The zero-order valence-electron chi connectivity index (χ0n) is 19.1. The number of amides is 1. The number of fused-ring (bicyclic) bond motifs is 3. The largest absolute Gasteiger partial charge is 0.383 e. The van der Waals surface area contributed by atoms with Crippen LogP contribution in [0.4, 0.5) is 11.6 Å². The molecule has 1 aliphatic rings. The molecule has 4 heterocycles. The van der Waals surface area contributed by atoms with Crippen LogP contribution >= 0.6 is 0 Å². The van der Waals surface area contributed by atoms with Crippen molar-refractivity contribution in [3.8, 4) is 11.1 Å². The van der Waals surface area contributed by atoms with E-state index in [4.69, 9.17) is 5.73 Å². The first-order chi connectivity index (χ1) is 17.0. The average molecular weight is 465 g/mol. The van der Waals surface area contributed by atoms with E-state index in [9.17, 15) is 9.59 Å². The lowest BCUT2D eigenvalue weighted by Crippen LogP contribution is -2.12. The quantitative estimate of drug-likeness (QED) is 0.389. The van der Waals surface area contributed by atoms with E-state index in [2.05, 4.69) is 38.0 Å². The van der Waals surface area contributed by atoms with E-state index in [1.54, 1.807) is 30.5 Å². The standard InChI is InChI=1S/C27H24N6O2/c1-3-20(34)12-11-19-14-33-24(16(19)2)22(23-25(28)30-15-31-26(23)33)17-7-9-18(10-8-17)27(35)32-21-6-4-5-13-29-21/h3-10,13,15,19H,1-2,11-12,14H2,(H2,28,30,31)(H,29,32,35)/t19-/m0/s1. The van der Waals surface area contributed by atoms with Crippen molar-refractivity contribution in [3.05, 3.63) is 85.5 Å². The van der Waals surface area contributed by atoms with Gasteiger partial charge in [-0.2, -0.15) is 0 Å². The second-order valence-corrected chi connectivity index (χ2v) is 8.47.